The molecule has 1 saturated heterocycles. The first-order valence-corrected chi connectivity index (χ1v) is 7.09. The zero-order valence-corrected chi connectivity index (χ0v) is 11.2. The standard InChI is InChI=1S/C13H15N3O2S/c14-10-11-9(4-1-5-15-11)19-12(10)13(17)16-8-3-2-6-18-7-8/h1,4-5,8H,2-3,6-7,14H2,(H,16,17). The molecule has 1 aliphatic heterocycles. The second-order valence-electron chi connectivity index (χ2n) is 4.58. The van der Waals surface area contributed by atoms with Crippen LogP contribution in [-0.4, -0.2) is 30.1 Å². The summed E-state index contributed by atoms with van der Waals surface area (Å²) in [5.74, 6) is -0.129. The molecule has 1 unspecified atom stereocenters. The van der Waals surface area contributed by atoms with Crippen molar-refractivity contribution in [2.24, 2.45) is 0 Å². The Morgan fingerprint density at radius 1 is 1.58 bits per heavy atom. The van der Waals surface area contributed by atoms with E-state index in [9.17, 15) is 4.79 Å². The molecular formula is C13H15N3O2S. The van der Waals surface area contributed by atoms with Crippen LogP contribution < -0.4 is 11.1 Å². The van der Waals surface area contributed by atoms with Gasteiger partial charge in [0.25, 0.3) is 5.91 Å². The number of nitrogens with two attached hydrogens (primary N) is 1. The second-order valence-corrected chi connectivity index (χ2v) is 5.63. The summed E-state index contributed by atoms with van der Waals surface area (Å²) in [6.07, 6.45) is 3.62. The van der Waals surface area contributed by atoms with Gasteiger partial charge in [-0.15, -0.1) is 11.3 Å². The quantitative estimate of drug-likeness (QED) is 0.877. The molecule has 3 heterocycles. The summed E-state index contributed by atoms with van der Waals surface area (Å²) < 4.78 is 6.29. The number of anilines is 1. The molecule has 0 aromatic carbocycles. The second kappa shape index (κ2) is 5.14. The van der Waals surface area contributed by atoms with Gasteiger partial charge in [0.05, 0.1) is 23.0 Å². The number of aromatic nitrogens is 1. The third-order valence-electron chi connectivity index (χ3n) is 3.18. The Morgan fingerprint density at radius 2 is 2.47 bits per heavy atom. The van der Waals surface area contributed by atoms with Crippen molar-refractivity contribution in [3.63, 3.8) is 0 Å². The fourth-order valence-corrected chi connectivity index (χ4v) is 3.21. The van der Waals surface area contributed by atoms with Crippen LogP contribution in [0.2, 0.25) is 0 Å². The molecule has 0 spiro atoms. The average molecular weight is 277 g/mol. The maximum Gasteiger partial charge on any atom is 0.263 e. The zero-order valence-electron chi connectivity index (χ0n) is 10.4. The summed E-state index contributed by atoms with van der Waals surface area (Å²) in [4.78, 5) is 17.0. The van der Waals surface area contributed by atoms with Gasteiger partial charge in [-0.2, -0.15) is 0 Å². The lowest BCUT2D eigenvalue weighted by Crippen LogP contribution is -2.40. The highest BCUT2D eigenvalue weighted by Crippen LogP contribution is 2.31. The SMILES string of the molecule is Nc1c(C(=O)NC2CCCOC2)sc2cccnc12. The number of carbonyl (C=O) groups is 1. The molecule has 19 heavy (non-hydrogen) atoms. The van der Waals surface area contributed by atoms with Crippen LogP contribution in [0, 0.1) is 0 Å². The molecule has 5 nitrogen and oxygen atoms in total. The molecule has 0 radical (unpaired) electrons. The number of nitrogens with one attached hydrogen (secondary N) is 1. The number of nitrogen functional groups attached to an aromatic ring is 1. The Balaban J connectivity index is 1.83. The van der Waals surface area contributed by atoms with E-state index in [1.54, 1.807) is 6.20 Å². The first kappa shape index (κ1) is 12.4. The van der Waals surface area contributed by atoms with Gasteiger partial charge in [-0.25, -0.2) is 0 Å². The van der Waals surface area contributed by atoms with Crippen molar-refractivity contribution in [2.75, 3.05) is 18.9 Å². The normalized spacial score (nSPS) is 19.5. The zero-order chi connectivity index (χ0) is 13.2. The highest BCUT2D eigenvalue weighted by atomic mass is 32.1. The van der Waals surface area contributed by atoms with Crippen LogP contribution in [0.4, 0.5) is 5.69 Å². The number of pyridine rings is 1. The molecule has 2 aromatic heterocycles. The molecule has 3 N–H and O–H groups in total. The summed E-state index contributed by atoms with van der Waals surface area (Å²) in [6, 6.07) is 3.84. The topological polar surface area (TPSA) is 77.2 Å². The van der Waals surface area contributed by atoms with Gasteiger partial charge in [-0.05, 0) is 25.0 Å². The molecule has 1 fully saturated rings. The third kappa shape index (κ3) is 2.41. The van der Waals surface area contributed by atoms with E-state index in [1.807, 2.05) is 12.1 Å². The molecule has 0 bridgehead atoms. The average Bonchev–Trinajstić information content (AvgIpc) is 2.78. The van der Waals surface area contributed by atoms with Crippen LogP contribution in [0.25, 0.3) is 10.2 Å². The van der Waals surface area contributed by atoms with Gasteiger partial charge in [0, 0.05) is 12.8 Å². The van der Waals surface area contributed by atoms with E-state index in [0.717, 1.165) is 24.1 Å². The summed E-state index contributed by atoms with van der Waals surface area (Å²) >= 11 is 1.38. The number of amides is 1. The predicted molar refractivity (Wildman–Crippen MR) is 75.3 cm³/mol. The van der Waals surface area contributed by atoms with Crippen LogP contribution in [-0.2, 0) is 4.74 Å². The lowest BCUT2D eigenvalue weighted by atomic mass is 10.1. The number of nitrogens with zero attached hydrogens (tertiary/aromatic N) is 1. The Morgan fingerprint density at radius 3 is 3.21 bits per heavy atom. The van der Waals surface area contributed by atoms with E-state index >= 15 is 0 Å². The number of ether oxygens (including phenoxy) is 1. The van der Waals surface area contributed by atoms with Crippen LogP contribution in [0.3, 0.4) is 0 Å². The van der Waals surface area contributed by atoms with E-state index in [1.165, 1.54) is 11.3 Å². The molecule has 0 saturated carbocycles. The number of hydrogen-bond acceptors (Lipinski definition) is 5. The number of rotatable bonds is 2. The van der Waals surface area contributed by atoms with Gasteiger partial charge in [-0.3, -0.25) is 9.78 Å². The monoisotopic (exact) mass is 277 g/mol. The van der Waals surface area contributed by atoms with Gasteiger partial charge < -0.3 is 15.8 Å². The minimum Gasteiger partial charge on any atom is -0.396 e. The van der Waals surface area contributed by atoms with Crippen molar-refractivity contribution in [1.82, 2.24) is 10.3 Å². The van der Waals surface area contributed by atoms with Crippen molar-refractivity contribution in [3.8, 4) is 0 Å². The maximum atomic E-state index is 12.2. The number of thiophene rings is 1. The van der Waals surface area contributed by atoms with Gasteiger partial charge >= 0.3 is 0 Å². The van der Waals surface area contributed by atoms with Gasteiger partial charge in [0.1, 0.15) is 10.4 Å². The molecule has 0 aliphatic carbocycles. The van der Waals surface area contributed by atoms with Gasteiger partial charge in [-0.1, -0.05) is 0 Å². The summed E-state index contributed by atoms with van der Waals surface area (Å²) in [5.41, 5.74) is 7.17. The van der Waals surface area contributed by atoms with Crippen molar-refractivity contribution >= 4 is 33.1 Å². The Bertz CT molecular complexity index is 605. The van der Waals surface area contributed by atoms with E-state index < -0.39 is 0 Å². The maximum absolute atomic E-state index is 12.2. The van der Waals surface area contributed by atoms with Gasteiger partial charge in [0.15, 0.2) is 0 Å². The van der Waals surface area contributed by atoms with Crippen LogP contribution >= 0.6 is 11.3 Å². The van der Waals surface area contributed by atoms with Crippen molar-refractivity contribution in [1.29, 1.82) is 0 Å². The van der Waals surface area contributed by atoms with Crippen molar-refractivity contribution < 1.29 is 9.53 Å². The van der Waals surface area contributed by atoms with Gasteiger partial charge in [0.2, 0.25) is 0 Å². The summed E-state index contributed by atoms with van der Waals surface area (Å²) in [6.45, 7) is 1.36. The predicted octanol–water partition coefficient (Wildman–Crippen LogP) is 1.79. The van der Waals surface area contributed by atoms with E-state index in [4.69, 9.17) is 10.5 Å². The molecule has 100 valence electrons. The van der Waals surface area contributed by atoms with Crippen molar-refractivity contribution in [3.05, 3.63) is 23.2 Å². The molecule has 1 aliphatic rings. The van der Waals surface area contributed by atoms with Crippen LogP contribution in [0.5, 0.6) is 0 Å². The van der Waals surface area contributed by atoms with E-state index in [0.29, 0.717) is 22.7 Å². The Labute approximate surface area is 114 Å². The number of carbonyl (C=O) groups excluding carboxylic acids is 1. The fraction of sp³-hybridized carbons (Fsp3) is 0.385. The molecule has 1 amide bonds. The molecular weight excluding hydrogens is 262 g/mol. The molecule has 3 rings (SSSR count). The highest BCUT2D eigenvalue weighted by Gasteiger charge is 2.21. The first-order valence-electron chi connectivity index (χ1n) is 6.27. The van der Waals surface area contributed by atoms with Crippen LogP contribution in [0.1, 0.15) is 22.5 Å². The first-order chi connectivity index (χ1) is 9.25. The molecule has 1 atom stereocenters. The smallest absolute Gasteiger partial charge is 0.263 e. The Kier molecular flexibility index (Phi) is 3.35. The molecule has 2 aromatic rings. The lowest BCUT2D eigenvalue weighted by Gasteiger charge is -2.22. The third-order valence-corrected chi connectivity index (χ3v) is 4.34. The highest BCUT2D eigenvalue weighted by molar-refractivity contribution is 7.21. The summed E-state index contributed by atoms with van der Waals surface area (Å²) in [5, 5.41) is 2.98. The van der Waals surface area contributed by atoms with E-state index in [-0.39, 0.29) is 11.9 Å². The fourth-order valence-electron chi connectivity index (χ4n) is 2.22. The number of fused-ring (bicyclic) bond motifs is 1. The number of hydrogen-bond donors (Lipinski definition) is 2. The minimum atomic E-state index is -0.129. The Hall–Kier alpha value is -1.66. The van der Waals surface area contributed by atoms with Crippen LogP contribution in [0.15, 0.2) is 18.3 Å². The van der Waals surface area contributed by atoms with Crippen molar-refractivity contribution in [2.45, 2.75) is 18.9 Å². The largest absolute Gasteiger partial charge is 0.396 e. The van der Waals surface area contributed by atoms with E-state index in [2.05, 4.69) is 10.3 Å². The summed E-state index contributed by atoms with van der Waals surface area (Å²) in [7, 11) is 0. The minimum absolute atomic E-state index is 0.0822. The lowest BCUT2D eigenvalue weighted by molar-refractivity contribution is 0.0626. The molecule has 6 heteroatoms.